The summed E-state index contributed by atoms with van der Waals surface area (Å²) >= 11 is 0. The van der Waals surface area contributed by atoms with E-state index < -0.39 is 11.4 Å². The zero-order chi connectivity index (χ0) is 17.6. The molecule has 0 spiro atoms. The van der Waals surface area contributed by atoms with Crippen molar-refractivity contribution in [2.75, 3.05) is 11.4 Å². The Morgan fingerprint density at radius 1 is 1.20 bits per heavy atom. The average Bonchev–Trinajstić information content (AvgIpc) is 2.60. The van der Waals surface area contributed by atoms with E-state index >= 15 is 0 Å². The predicted octanol–water partition coefficient (Wildman–Crippen LogP) is 2.97. The molecule has 126 valence electrons. The number of halogens is 1. The van der Waals surface area contributed by atoms with Gasteiger partial charge in [0.15, 0.2) is 0 Å². The number of phenols is 1. The second-order valence-electron chi connectivity index (χ2n) is 6.08. The minimum Gasteiger partial charge on any atom is -0.506 e. The number of rotatable bonds is 1. The van der Waals surface area contributed by atoms with E-state index in [2.05, 4.69) is 4.98 Å². The van der Waals surface area contributed by atoms with Crippen molar-refractivity contribution in [1.82, 2.24) is 4.98 Å². The number of aromatic amines is 1. The third-order valence-electron chi connectivity index (χ3n) is 4.48. The third kappa shape index (κ3) is 2.55. The molecule has 2 N–H and O–H groups in total. The van der Waals surface area contributed by atoms with E-state index in [1.807, 2.05) is 6.07 Å². The van der Waals surface area contributed by atoms with E-state index in [9.17, 15) is 19.1 Å². The number of nitrogens with zero attached hydrogens (tertiary/aromatic N) is 1. The van der Waals surface area contributed by atoms with Crippen LogP contribution >= 0.6 is 0 Å². The van der Waals surface area contributed by atoms with Gasteiger partial charge in [0.25, 0.3) is 5.91 Å². The highest BCUT2D eigenvalue weighted by Gasteiger charge is 2.27. The van der Waals surface area contributed by atoms with Crippen LogP contribution in [-0.2, 0) is 6.42 Å². The number of carbonyl (C=O) groups is 1. The van der Waals surface area contributed by atoms with Crippen LogP contribution in [0.1, 0.15) is 22.3 Å². The summed E-state index contributed by atoms with van der Waals surface area (Å²) in [5.41, 5.74) is 1.35. The van der Waals surface area contributed by atoms with Gasteiger partial charge in [-0.05, 0) is 42.7 Å². The van der Waals surface area contributed by atoms with Gasteiger partial charge in [0, 0.05) is 18.0 Å². The van der Waals surface area contributed by atoms with E-state index in [1.54, 1.807) is 6.07 Å². The average molecular weight is 338 g/mol. The molecule has 1 amide bonds. The predicted molar refractivity (Wildman–Crippen MR) is 92.6 cm³/mol. The molecule has 1 aliphatic rings. The second kappa shape index (κ2) is 5.73. The first-order chi connectivity index (χ1) is 12.0. The number of H-pyrrole nitrogens is 1. The number of fused-ring (bicyclic) bond motifs is 2. The Hall–Kier alpha value is -3.15. The van der Waals surface area contributed by atoms with Crippen LogP contribution in [0.5, 0.6) is 5.75 Å². The molecule has 1 aromatic heterocycles. The van der Waals surface area contributed by atoms with Crippen LogP contribution in [0.2, 0.25) is 0 Å². The molecule has 0 saturated carbocycles. The summed E-state index contributed by atoms with van der Waals surface area (Å²) in [5.74, 6) is -0.843. The van der Waals surface area contributed by atoms with E-state index in [1.165, 1.54) is 35.2 Å². The number of aromatic hydroxyl groups is 1. The summed E-state index contributed by atoms with van der Waals surface area (Å²) in [4.78, 5) is 29.1. The van der Waals surface area contributed by atoms with Crippen molar-refractivity contribution in [2.24, 2.45) is 0 Å². The standard InChI is InChI=1S/C19H15FN2O3/c20-12-6-7-13-14(10-17(24)21-15(13)9-12)19(25)22-8-2-4-11-3-1-5-16(23)18(11)22/h1,3,5-7,9-10,23H,2,4,8H2,(H,21,24). The molecule has 6 heteroatoms. The summed E-state index contributed by atoms with van der Waals surface area (Å²) in [7, 11) is 0. The van der Waals surface area contributed by atoms with Gasteiger partial charge in [-0.1, -0.05) is 12.1 Å². The molecule has 0 unspecified atom stereocenters. The zero-order valence-electron chi connectivity index (χ0n) is 13.3. The van der Waals surface area contributed by atoms with Gasteiger partial charge in [-0.3, -0.25) is 9.59 Å². The number of hydrogen-bond acceptors (Lipinski definition) is 3. The maximum absolute atomic E-state index is 13.5. The lowest BCUT2D eigenvalue weighted by Crippen LogP contribution is -2.36. The highest BCUT2D eigenvalue weighted by atomic mass is 19.1. The third-order valence-corrected chi connectivity index (χ3v) is 4.48. The van der Waals surface area contributed by atoms with E-state index in [-0.39, 0.29) is 22.7 Å². The maximum atomic E-state index is 13.5. The Morgan fingerprint density at radius 2 is 2.04 bits per heavy atom. The Morgan fingerprint density at radius 3 is 2.88 bits per heavy atom. The summed E-state index contributed by atoms with van der Waals surface area (Å²) < 4.78 is 13.5. The summed E-state index contributed by atoms with van der Waals surface area (Å²) in [6.45, 7) is 0.443. The quantitative estimate of drug-likeness (QED) is 0.716. The molecule has 0 fully saturated rings. The molecule has 0 atom stereocenters. The summed E-state index contributed by atoms with van der Waals surface area (Å²) in [5, 5.41) is 10.7. The number of nitrogens with one attached hydrogen (secondary N) is 1. The van der Waals surface area contributed by atoms with Gasteiger partial charge in [-0.2, -0.15) is 0 Å². The SMILES string of the molecule is O=C(c1cc(=O)[nH]c2cc(F)ccc12)N1CCCc2cccc(O)c21. The van der Waals surface area contributed by atoms with Crippen molar-refractivity contribution in [3.8, 4) is 5.75 Å². The van der Waals surface area contributed by atoms with Crippen LogP contribution in [0, 0.1) is 5.82 Å². The fourth-order valence-corrected chi connectivity index (χ4v) is 3.39. The molecule has 0 aliphatic carbocycles. The number of para-hydroxylation sites is 1. The van der Waals surface area contributed by atoms with Crippen molar-refractivity contribution >= 4 is 22.5 Å². The topological polar surface area (TPSA) is 73.4 Å². The van der Waals surface area contributed by atoms with E-state index in [4.69, 9.17) is 0 Å². The highest BCUT2D eigenvalue weighted by Crippen LogP contribution is 2.36. The van der Waals surface area contributed by atoms with Gasteiger partial charge < -0.3 is 15.0 Å². The fourth-order valence-electron chi connectivity index (χ4n) is 3.39. The molecule has 0 radical (unpaired) electrons. The minimum absolute atomic E-state index is 0.0331. The van der Waals surface area contributed by atoms with Crippen molar-refractivity contribution in [2.45, 2.75) is 12.8 Å². The molecule has 2 aromatic carbocycles. The number of phenolic OH excluding ortho intramolecular Hbond substituents is 1. The van der Waals surface area contributed by atoms with Crippen LogP contribution in [0.3, 0.4) is 0 Å². The largest absolute Gasteiger partial charge is 0.506 e. The van der Waals surface area contributed by atoms with Gasteiger partial charge in [0.2, 0.25) is 5.56 Å². The number of pyridine rings is 1. The number of aromatic nitrogens is 1. The van der Waals surface area contributed by atoms with Gasteiger partial charge >= 0.3 is 0 Å². The Kier molecular flexibility index (Phi) is 3.53. The van der Waals surface area contributed by atoms with Gasteiger partial charge in [0.05, 0.1) is 16.8 Å². The van der Waals surface area contributed by atoms with Crippen molar-refractivity contribution < 1.29 is 14.3 Å². The molecule has 5 nitrogen and oxygen atoms in total. The Bertz CT molecular complexity index is 1060. The van der Waals surface area contributed by atoms with Crippen LogP contribution in [0.15, 0.2) is 47.3 Å². The zero-order valence-corrected chi connectivity index (χ0v) is 13.3. The molecule has 1 aliphatic heterocycles. The van der Waals surface area contributed by atoms with Crippen LogP contribution in [0.4, 0.5) is 10.1 Å². The van der Waals surface area contributed by atoms with Crippen molar-refractivity contribution in [3.05, 3.63) is 69.8 Å². The number of aryl methyl sites for hydroxylation is 1. The van der Waals surface area contributed by atoms with Crippen LogP contribution < -0.4 is 10.5 Å². The monoisotopic (exact) mass is 338 g/mol. The van der Waals surface area contributed by atoms with Crippen LogP contribution in [0.25, 0.3) is 10.9 Å². The first kappa shape index (κ1) is 15.4. The van der Waals surface area contributed by atoms with Gasteiger partial charge in [0.1, 0.15) is 11.6 Å². The lowest BCUT2D eigenvalue weighted by Gasteiger charge is -2.30. The van der Waals surface area contributed by atoms with Crippen LogP contribution in [-0.4, -0.2) is 22.5 Å². The minimum atomic E-state index is -0.492. The normalized spacial score (nSPS) is 13.7. The Labute approximate surface area is 142 Å². The smallest absolute Gasteiger partial charge is 0.259 e. The molecule has 3 aromatic rings. The number of hydrogen-bond donors (Lipinski definition) is 2. The molecule has 4 rings (SSSR count). The molecular weight excluding hydrogens is 323 g/mol. The van der Waals surface area contributed by atoms with Crippen molar-refractivity contribution in [3.63, 3.8) is 0 Å². The second-order valence-corrected chi connectivity index (χ2v) is 6.08. The molecular formula is C19H15FN2O3. The first-order valence-electron chi connectivity index (χ1n) is 8.00. The number of benzene rings is 2. The first-order valence-corrected chi connectivity index (χ1v) is 8.00. The van der Waals surface area contributed by atoms with Gasteiger partial charge in [-0.25, -0.2) is 4.39 Å². The summed E-state index contributed by atoms with van der Waals surface area (Å²) in [6.07, 6.45) is 1.53. The lowest BCUT2D eigenvalue weighted by molar-refractivity contribution is 0.0985. The maximum Gasteiger partial charge on any atom is 0.259 e. The number of anilines is 1. The molecule has 2 heterocycles. The lowest BCUT2D eigenvalue weighted by atomic mass is 9.99. The fraction of sp³-hybridized carbons (Fsp3) is 0.158. The summed E-state index contributed by atoms with van der Waals surface area (Å²) in [6, 6.07) is 10.3. The van der Waals surface area contributed by atoms with Gasteiger partial charge in [-0.15, -0.1) is 0 Å². The Balaban J connectivity index is 1.89. The highest BCUT2D eigenvalue weighted by molar-refractivity contribution is 6.14. The molecule has 25 heavy (non-hydrogen) atoms. The number of amides is 1. The molecule has 0 bridgehead atoms. The van der Waals surface area contributed by atoms with E-state index in [0.29, 0.717) is 17.6 Å². The van der Waals surface area contributed by atoms with E-state index in [0.717, 1.165) is 18.4 Å². The number of carbonyl (C=O) groups excluding carboxylic acids is 1. The molecule has 0 saturated heterocycles. The van der Waals surface area contributed by atoms with Crippen molar-refractivity contribution in [1.29, 1.82) is 0 Å².